The number of carbonyl (C=O) groups excluding carboxylic acids is 1. The Morgan fingerprint density at radius 2 is 2.00 bits per heavy atom. The maximum Gasteiger partial charge on any atom is 0.167 e. The van der Waals surface area contributed by atoms with Crippen LogP contribution in [0.1, 0.15) is 30.6 Å². The molecule has 0 spiro atoms. The molecule has 1 atom stereocenters. The first-order valence-electron chi connectivity index (χ1n) is 6.70. The number of ketones is 1. The van der Waals surface area contributed by atoms with Gasteiger partial charge in [-0.15, -0.1) is 0 Å². The summed E-state index contributed by atoms with van der Waals surface area (Å²) in [7, 11) is 0. The summed E-state index contributed by atoms with van der Waals surface area (Å²) in [6.07, 6.45) is 0.885. The van der Waals surface area contributed by atoms with Crippen molar-refractivity contribution in [2.24, 2.45) is 5.92 Å². The Balaban J connectivity index is 2.27. The fourth-order valence-corrected chi connectivity index (χ4v) is 2.21. The van der Waals surface area contributed by atoms with Crippen LogP contribution < -0.4 is 4.90 Å². The average molecular weight is 247 g/mol. The molecule has 1 aromatic rings. The van der Waals surface area contributed by atoms with Crippen LogP contribution in [0.5, 0.6) is 0 Å². The van der Waals surface area contributed by atoms with E-state index in [-0.39, 0.29) is 11.7 Å². The van der Waals surface area contributed by atoms with Gasteiger partial charge in [-0.05, 0) is 18.6 Å². The third-order valence-corrected chi connectivity index (χ3v) is 3.58. The Kier molecular flexibility index (Phi) is 4.37. The Hall–Kier alpha value is -1.35. The Bertz CT molecular complexity index is 411. The topological polar surface area (TPSA) is 29.5 Å². The van der Waals surface area contributed by atoms with Crippen LogP contribution in [0.3, 0.4) is 0 Å². The molecule has 1 fully saturated rings. The van der Waals surface area contributed by atoms with Crippen LogP contribution in [0.4, 0.5) is 5.69 Å². The van der Waals surface area contributed by atoms with Crippen molar-refractivity contribution in [1.29, 1.82) is 0 Å². The van der Waals surface area contributed by atoms with Gasteiger partial charge < -0.3 is 9.64 Å². The molecular formula is C15H21NO2. The smallest absolute Gasteiger partial charge is 0.167 e. The number of para-hydroxylation sites is 1. The summed E-state index contributed by atoms with van der Waals surface area (Å²) in [4.78, 5) is 14.6. The lowest BCUT2D eigenvalue weighted by Gasteiger charge is -2.30. The maximum absolute atomic E-state index is 12.4. The van der Waals surface area contributed by atoms with Crippen LogP contribution in [0.15, 0.2) is 24.3 Å². The van der Waals surface area contributed by atoms with Crippen LogP contribution in [0.2, 0.25) is 0 Å². The molecule has 0 aromatic heterocycles. The minimum absolute atomic E-state index is 0.0900. The first kappa shape index (κ1) is 13.1. The Morgan fingerprint density at radius 3 is 2.67 bits per heavy atom. The molecule has 0 N–H and O–H groups in total. The van der Waals surface area contributed by atoms with Crippen molar-refractivity contribution in [3.8, 4) is 0 Å². The van der Waals surface area contributed by atoms with Crippen LogP contribution in [0.25, 0.3) is 0 Å². The summed E-state index contributed by atoms with van der Waals surface area (Å²) in [5.74, 6) is 0.340. The summed E-state index contributed by atoms with van der Waals surface area (Å²) in [5, 5.41) is 0. The van der Waals surface area contributed by atoms with Gasteiger partial charge in [0.1, 0.15) is 0 Å². The van der Waals surface area contributed by atoms with Gasteiger partial charge in [0.15, 0.2) is 5.78 Å². The summed E-state index contributed by atoms with van der Waals surface area (Å²) < 4.78 is 5.36. The molecule has 0 aliphatic carbocycles. The largest absolute Gasteiger partial charge is 0.378 e. The van der Waals surface area contributed by atoms with E-state index in [1.54, 1.807) is 0 Å². The molecule has 0 bridgehead atoms. The van der Waals surface area contributed by atoms with Gasteiger partial charge in [0.25, 0.3) is 0 Å². The van der Waals surface area contributed by atoms with E-state index in [1.807, 2.05) is 31.2 Å². The molecule has 0 amide bonds. The molecule has 1 aliphatic rings. The van der Waals surface area contributed by atoms with Gasteiger partial charge in [-0.1, -0.05) is 26.0 Å². The van der Waals surface area contributed by atoms with Crippen molar-refractivity contribution < 1.29 is 9.53 Å². The minimum Gasteiger partial charge on any atom is -0.378 e. The fourth-order valence-electron chi connectivity index (χ4n) is 2.21. The maximum atomic E-state index is 12.4. The second-order valence-electron chi connectivity index (χ2n) is 4.79. The van der Waals surface area contributed by atoms with E-state index >= 15 is 0 Å². The highest BCUT2D eigenvalue weighted by Crippen LogP contribution is 2.24. The van der Waals surface area contributed by atoms with Gasteiger partial charge in [-0.3, -0.25) is 4.79 Å². The highest BCUT2D eigenvalue weighted by Gasteiger charge is 2.20. The third-order valence-electron chi connectivity index (χ3n) is 3.58. The quantitative estimate of drug-likeness (QED) is 0.766. The summed E-state index contributed by atoms with van der Waals surface area (Å²) >= 11 is 0. The van der Waals surface area contributed by atoms with E-state index < -0.39 is 0 Å². The van der Waals surface area contributed by atoms with E-state index in [4.69, 9.17) is 4.74 Å². The number of anilines is 1. The van der Waals surface area contributed by atoms with Crippen molar-refractivity contribution in [2.75, 3.05) is 31.2 Å². The van der Waals surface area contributed by atoms with Gasteiger partial charge in [-0.25, -0.2) is 0 Å². The predicted molar refractivity (Wildman–Crippen MR) is 73.3 cm³/mol. The number of rotatable bonds is 4. The highest BCUT2D eigenvalue weighted by atomic mass is 16.5. The molecule has 2 rings (SSSR count). The van der Waals surface area contributed by atoms with Crippen molar-refractivity contribution in [3.63, 3.8) is 0 Å². The van der Waals surface area contributed by atoms with E-state index in [9.17, 15) is 4.79 Å². The molecule has 3 nitrogen and oxygen atoms in total. The SMILES string of the molecule is CCC(C)C(=O)c1ccccc1N1CCOCC1. The summed E-state index contributed by atoms with van der Waals surface area (Å²) in [5.41, 5.74) is 1.92. The first-order chi connectivity index (χ1) is 8.74. The highest BCUT2D eigenvalue weighted by molar-refractivity contribution is 6.02. The normalized spacial score (nSPS) is 17.6. The number of ether oxygens (including phenoxy) is 1. The van der Waals surface area contributed by atoms with Crippen molar-refractivity contribution in [2.45, 2.75) is 20.3 Å². The zero-order valence-corrected chi connectivity index (χ0v) is 11.2. The van der Waals surface area contributed by atoms with Gasteiger partial charge in [-0.2, -0.15) is 0 Å². The second-order valence-corrected chi connectivity index (χ2v) is 4.79. The van der Waals surface area contributed by atoms with Crippen LogP contribution in [0, 0.1) is 5.92 Å². The first-order valence-corrected chi connectivity index (χ1v) is 6.70. The molecule has 18 heavy (non-hydrogen) atoms. The molecule has 1 unspecified atom stereocenters. The number of nitrogens with zero attached hydrogens (tertiary/aromatic N) is 1. The van der Waals surface area contributed by atoms with E-state index in [0.717, 1.165) is 44.0 Å². The third kappa shape index (κ3) is 2.72. The van der Waals surface area contributed by atoms with Crippen molar-refractivity contribution in [1.82, 2.24) is 0 Å². The number of hydrogen-bond acceptors (Lipinski definition) is 3. The number of morpholine rings is 1. The van der Waals surface area contributed by atoms with Crippen LogP contribution in [-0.2, 0) is 4.74 Å². The number of carbonyl (C=O) groups is 1. The lowest BCUT2D eigenvalue weighted by molar-refractivity contribution is 0.0926. The molecule has 3 heteroatoms. The lowest BCUT2D eigenvalue weighted by Crippen LogP contribution is -2.37. The van der Waals surface area contributed by atoms with E-state index in [2.05, 4.69) is 11.8 Å². The number of hydrogen-bond donors (Lipinski definition) is 0. The molecule has 1 saturated heterocycles. The zero-order valence-electron chi connectivity index (χ0n) is 11.2. The van der Waals surface area contributed by atoms with Crippen LogP contribution >= 0.6 is 0 Å². The fraction of sp³-hybridized carbons (Fsp3) is 0.533. The molecule has 1 aromatic carbocycles. The minimum atomic E-state index is 0.0900. The summed E-state index contributed by atoms with van der Waals surface area (Å²) in [6, 6.07) is 7.93. The molecule has 0 radical (unpaired) electrons. The molecular weight excluding hydrogens is 226 g/mol. The number of Topliss-reactive ketones (excluding diaryl/α,β-unsaturated/α-hetero) is 1. The van der Waals surface area contributed by atoms with Gasteiger partial charge in [0, 0.05) is 30.3 Å². The Labute approximate surface area is 109 Å². The van der Waals surface area contributed by atoms with Gasteiger partial charge >= 0.3 is 0 Å². The number of benzene rings is 1. The van der Waals surface area contributed by atoms with Gasteiger partial charge in [0.05, 0.1) is 13.2 Å². The molecule has 98 valence electrons. The summed E-state index contributed by atoms with van der Waals surface area (Å²) in [6.45, 7) is 7.27. The molecule has 1 heterocycles. The van der Waals surface area contributed by atoms with E-state index in [1.165, 1.54) is 0 Å². The van der Waals surface area contributed by atoms with Gasteiger partial charge in [0.2, 0.25) is 0 Å². The standard InChI is InChI=1S/C15H21NO2/c1-3-12(2)15(17)13-6-4-5-7-14(13)16-8-10-18-11-9-16/h4-7,12H,3,8-11H2,1-2H3. The average Bonchev–Trinajstić information content (AvgIpc) is 2.46. The molecule has 0 saturated carbocycles. The predicted octanol–water partition coefficient (Wildman–Crippen LogP) is 2.75. The lowest BCUT2D eigenvalue weighted by atomic mass is 9.95. The zero-order chi connectivity index (χ0) is 13.0. The van der Waals surface area contributed by atoms with Crippen molar-refractivity contribution >= 4 is 11.5 Å². The Morgan fingerprint density at radius 1 is 1.33 bits per heavy atom. The second kappa shape index (κ2) is 6.01. The molecule has 1 aliphatic heterocycles. The van der Waals surface area contributed by atoms with E-state index in [0.29, 0.717) is 0 Å². The van der Waals surface area contributed by atoms with Crippen molar-refractivity contribution in [3.05, 3.63) is 29.8 Å². The monoisotopic (exact) mass is 247 g/mol. The van der Waals surface area contributed by atoms with Crippen LogP contribution in [-0.4, -0.2) is 32.1 Å².